The van der Waals surface area contributed by atoms with Gasteiger partial charge in [-0.2, -0.15) is 5.26 Å². The number of hydrogen-bond donors (Lipinski definition) is 1. The molecule has 19 heavy (non-hydrogen) atoms. The lowest BCUT2D eigenvalue weighted by Gasteiger charge is -2.23. The molecule has 4 nitrogen and oxygen atoms in total. The summed E-state index contributed by atoms with van der Waals surface area (Å²) in [6, 6.07) is 13.6. The lowest BCUT2D eigenvalue weighted by Crippen LogP contribution is -2.22. The number of rotatable bonds is 4. The summed E-state index contributed by atoms with van der Waals surface area (Å²) in [5, 5.41) is 8.86. The molecular weight excluding hydrogens is 236 g/mol. The van der Waals surface area contributed by atoms with Crippen LogP contribution in [0.2, 0.25) is 0 Å². The molecule has 1 aromatic carbocycles. The Morgan fingerprint density at radius 3 is 2.84 bits per heavy atom. The van der Waals surface area contributed by atoms with Crippen LogP contribution in [0, 0.1) is 11.3 Å². The minimum atomic E-state index is 0.445. The highest BCUT2D eigenvalue weighted by atomic mass is 15.1. The largest absolute Gasteiger partial charge is 0.399 e. The van der Waals surface area contributed by atoms with Gasteiger partial charge in [-0.1, -0.05) is 6.07 Å². The minimum Gasteiger partial charge on any atom is -0.399 e. The quantitative estimate of drug-likeness (QED) is 0.849. The fraction of sp³-hybridized carbons (Fsp3) is 0.200. The molecule has 4 heteroatoms. The number of hydrogen-bond acceptors (Lipinski definition) is 4. The third-order valence-electron chi connectivity index (χ3n) is 2.93. The van der Waals surface area contributed by atoms with Crippen molar-refractivity contribution >= 4 is 11.4 Å². The summed E-state index contributed by atoms with van der Waals surface area (Å²) >= 11 is 0. The Morgan fingerprint density at radius 2 is 2.16 bits per heavy atom. The Bertz CT molecular complexity index is 601. The van der Waals surface area contributed by atoms with Crippen molar-refractivity contribution in [2.75, 3.05) is 17.2 Å². The average Bonchev–Trinajstić information content (AvgIpc) is 2.45. The Kier molecular flexibility index (Phi) is 3.99. The molecule has 0 saturated heterocycles. The number of benzene rings is 1. The van der Waals surface area contributed by atoms with Crippen LogP contribution in [0.15, 0.2) is 42.6 Å². The molecule has 1 heterocycles. The number of nitrogens with zero attached hydrogens (tertiary/aromatic N) is 3. The zero-order valence-electron chi connectivity index (χ0n) is 10.9. The van der Waals surface area contributed by atoms with Crippen LogP contribution in [0.5, 0.6) is 0 Å². The van der Waals surface area contributed by atoms with E-state index in [2.05, 4.69) is 22.9 Å². The monoisotopic (exact) mass is 252 g/mol. The first kappa shape index (κ1) is 12.9. The molecule has 96 valence electrons. The van der Waals surface area contributed by atoms with E-state index in [9.17, 15) is 0 Å². The van der Waals surface area contributed by atoms with Crippen LogP contribution < -0.4 is 10.6 Å². The van der Waals surface area contributed by atoms with Crippen molar-refractivity contribution in [1.82, 2.24) is 4.98 Å². The van der Waals surface area contributed by atoms with E-state index in [1.807, 2.05) is 36.4 Å². The number of pyridine rings is 1. The summed E-state index contributed by atoms with van der Waals surface area (Å²) in [4.78, 5) is 6.18. The molecule has 0 radical (unpaired) electrons. The molecule has 2 N–H and O–H groups in total. The van der Waals surface area contributed by atoms with Crippen LogP contribution >= 0.6 is 0 Å². The Hall–Kier alpha value is -2.54. The number of aromatic nitrogens is 1. The Labute approximate surface area is 113 Å². The van der Waals surface area contributed by atoms with Gasteiger partial charge in [0.2, 0.25) is 0 Å². The average molecular weight is 252 g/mol. The molecule has 0 bridgehead atoms. The van der Waals surface area contributed by atoms with Crippen molar-refractivity contribution in [3.05, 3.63) is 53.9 Å². The molecule has 0 fully saturated rings. The molecule has 0 saturated carbocycles. The number of nitrogen functional groups attached to an aromatic ring is 1. The van der Waals surface area contributed by atoms with Gasteiger partial charge in [-0.25, -0.2) is 4.98 Å². The topological polar surface area (TPSA) is 65.9 Å². The highest BCUT2D eigenvalue weighted by Crippen LogP contribution is 2.19. The highest BCUT2D eigenvalue weighted by Gasteiger charge is 2.06. The second-order valence-corrected chi connectivity index (χ2v) is 4.27. The molecule has 0 aliphatic carbocycles. The SMILES string of the molecule is CCN(Cc1ccnc(C#N)c1)c1cccc(N)c1. The first-order valence-corrected chi connectivity index (χ1v) is 6.18. The van der Waals surface area contributed by atoms with Gasteiger partial charge >= 0.3 is 0 Å². The first-order valence-electron chi connectivity index (χ1n) is 6.18. The Balaban J connectivity index is 2.21. The van der Waals surface area contributed by atoms with Crippen LogP contribution in [-0.4, -0.2) is 11.5 Å². The normalized spacial score (nSPS) is 9.89. The highest BCUT2D eigenvalue weighted by molar-refractivity contribution is 5.56. The third kappa shape index (κ3) is 3.23. The van der Waals surface area contributed by atoms with Gasteiger partial charge in [0, 0.05) is 30.7 Å². The summed E-state index contributed by atoms with van der Waals surface area (Å²) in [5.74, 6) is 0. The van der Waals surface area contributed by atoms with Crippen molar-refractivity contribution in [1.29, 1.82) is 5.26 Å². The van der Waals surface area contributed by atoms with Gasteiger partial charge in [0.15, 0.2) is 0 Å². The van der Waals surface area contributed by atoms with E-state index in [1.54, 1.807) is 6.20 Å². The molecule has 0 spiro atoms. The zero-order chi connectivity index (χ0) is 13.7. The van der Waals surface area contributed by atoms with Gasteiger partial charge in [0.1, 0.15) is 11.8 Å². The van der Waals surface area contributed by atoms with E-state index < -0.39 is 0 Å². The minimum absolute atomic E-state index is 0.445. The molecule has 0 aliphatic rings. The van der Waals surface area contributed by atoms with Crippen molar-refractivity contribution in [2.24, 2.45) is 0 Å². The number of nitriles is 1. The smallest absolute Gasteiger partial charge is 0.140 e. The summed E-state index contributed by atoms with van der Waals surface area (Å²) in [6.07, 6.45) is 1.67. The van der Waals surface area contributed by atoms with Crippen LogP contribution in [0.25, 0.3) is 0 Å². The summed E-state index contributed by atoms with van der Waals surface area (Å²) < 4.78 is 0. The number of anilines is 2. The second kappa shape index (κ2) is 5.87. The fourth-order valence-corrected chi connectivity index (χ4v) is 1.96. The first-order chi connectivity index (χ1) is 9.22. The van der Waals surface area contributed by atoms with Gasteiger partial charge in [-0.3, -0.25) is 0 Å². The van der Waals surface area contributed by atoms with Crippen molar-refractivity contribution in [3.8, 4) is 6.07 Å². The standard InChI is InChI=1S/C15H16N4/c1-2-19(15-5-3-4-13(17)9-15)11-12-6-7-18-14(8-12)10-16/h3-9H,2,11,17H2,1H3. The number of nitrogens with two attached hydrogens (primary N) is 1. The maximum atomic E-state index is 8.86. The zero-order valence-corrected chi connectivity index (χ0v) is 10.9. The van der Waals surface area contributed by atoms with Gasteiger partial charge < -0.3 is 10.6 Å². The van der Waals surface area contributed by atoms with Crippen LogP contribution in [0.4, 0.5) is 11.4 Å². The van der Waals surface area contributed by atoms with Gasteiger partial charge in [0.25, 0.3) is 0 Å². The van der Waals surface area contributed by atoms with E-state index >= 15 is 0 Å². The molecule has 2 rings (SSSR count). The maximum absolute atomic E-state index is 8.86. The predicted molar refractivity (Wildman–Crippen MR) is 76.5 cm³/mol. The molecule has 0 amide bonds. The lowest BCUT2D eigenvalue weighted by atomic mass is 10.2. The van der Waals surface area contributed by atoms with Crippen LogP contribution in [-0.2, 0) is 6.54 Å². The molecule has 1 aromatic heterocycles. The van der Waals surface area contributed by atoms with E-state index in [4.69, 9.17) is 11.0 Å². The fourth-order valence-electron chi connectivity index (χ4n) is 1.96. The van der Waals surface area contributed by atoms with Gasteiger partial charge in [0.05, 0.1) is 0 Å². The maximum Gasteiger partial charge on any atom is 0.140 e. The van der Waals surface area contributed by atoms with E-state index in [1.165, 1.54) is 0 Å². The van der Waals surface area contributed by atoms with Crippen LogP contribution in [0.1, 0.15) is 18.2 Å². The van der Waals surface area contributed by atoms with Gasteiger partial charge in [-0.05, 0) is 42.8 Å². The summed E-state index contributed by atoms with van der Waals surface area (Å²) in [5.41, 5.74) is 9.16. The van der Waals surface area contributed by atoms with E-state index in [-0.39, 0.29) is 0 Å². The van der Waals surface area contributed by atoms with Crippen molar-refractivity contribution in [3.63, 3.8) is 0 Å². The summed E-state index contributed by atoms with van der Waals surface area (Å²) in [7, 11) is 0. The van der Waals surface area contributed by atoms with E-state index in [0.29, 0.717) is 5.69 Å². The molecule has 0 atom stereocenters. The lowest BCUT2D eigenvalue weighted by molar-refractivity contribution is 0.830. The van der Waals surface area contributed by atoms with E-state index in [0.717, 1.165) is 30.0 Å². The Morgan fingerprint density at radius 1 is 1.32 bits per heavy atom. The molecule has 2 aromatic rings. The molecule has 0 unspecified atom stereocenters. The summed E-state index contributed by atoms with van der Waals surface area (Å²) in [6.45, 7) is 3.69. The molecular formula is C15H16N4. The van der Waals surface area contributed by atoms with Crippen molar-refractivity contribution < 1.29 is 0 Å². The third-order valence-corrected chi connectivity index (χ3v) is 2.93. The molecule has 0 aliphatic heterocycles. The second-order valence-electron chi connectivity index (χ2n) is 4.27. The van der Waals surface area contributed by atoms with Crippen LogP contribution in [0.3, 0.4) is 0 Å². The predicted octanol–water partition coefficient (Wildman–Crippen LogP) is 2.56. The van der Waals surface area contributed by atoms with Gasteiger partial charge in [-0.15, -0.1) is 0 Å². The van der Waals surface area contributed by atoms with Crippen molar-refractivity contribution in [2.45, 2.75) is 13.5 Å².